The van der Waals surface area contributed by atoms with E-state index >= 15 is 0 Å². The second kappa shape index (κ2) is 12.0. The highest BCUT2D eigenvalue weighted by Gasteiger charge is 2.21. The first-order valence-corrected chi connectivity index (χ1v) is 11.6. The molecule has 3 nitrogen and oxygen atoms in total. The van der Waals surface area contributed by atoms with E-state index in [0.29, 0.717) is 0 Å². The zero-order valence-electron chi connectivity index (χ0n) is 19.6. The zero-order chi connectivity index (χ0) is 25.2. The average Bonchev–Trinajstić information content (AvgIpc) is 2.94. The largest absolute Gasteiger partial charge is 0.289 e. The lowest BCUT2D eigenvalue weighted by Crippen LogP contribution is -2.12. The molecule has 0 aliphatic carbocycles. The minimum atomic E-state index is -0.410. The smallest absolute Gasteiger partial charge is 0.187 e. The molecule has 0 saturated carbocycles. The lowest BCUT2D eigenvalue weighted by Gasteiger charge is -2.09. The molecule has 0 heterocycles. The summed E-state index contributed by atoms with van der Waals surface area (Å²) in [6.45, 7) is 0. The number of allylic oxidation sites excluding steroid dienone is 3. The van der Waals surface area contributed by atoms with E-state index in [1.807, 2.05) is 91.0 Å². The molecular weight excluding hydrogens is 444 g/mol. The molecule has 0 fully saturated rings. The van der Waals surface area contributed by atoms with E-state index in [1.54, 1.807) is 36.4 Å². The van der Waals surface area contributed by atoms with Crippen molar-refractivity contribution in [3.8, 4) is 0 Å². The van der Waals surface area contributed by atoms with Crippen molar-refractivity contribution in [1.82, 2.24) is 0 Å². The van der Waals surface area contributed by atoms with Gasteiger partial charge < -0.3 is 0 Å². The molecule has 0 radical (unpaired) electrons. The average molecular weight is 469 g/mol. The summed E-state index contributed by atoms with van der Waals surface area (Å²) in [5.74, 6) is -1.11. The van der Waals surface area contributed by atoms with Crippen molar-refractivity contribution in [2.24, 2.45) is 0 Å². The molecule has 0 atom stereocenters. The van der Waals surface area contributed by atoms with Crippen LogP contribution in [0.15, 0.2) is 127 Å². The number of ketones is 3. The molecule has 0 aromatic heterocycles. The molecule has 0 saturated heterocycles. The van der Waals surface area contributed by atoms with Crippen molar-refractivity contribution in [1.29, 1.82) is 0 Å². The van der Waals surface area contributed by atoms with Gasteiger partial charge in [-0.05, 0) is 34.9 Å². The molecule has 3 heteroatoms. The summed E-state index contributed by atoms with van der Waals surface area (Å²) in [6, 6.07) is 33.0. The van der Waals surface area contributed by atoms with Crippen LogP contribution in [0.5, 0.6) is 0 Å². The van der Waals surface area contributed by atoms with Gasteiger partial charge in [0.15, 0.2) is 17.3 Å². The molecule has 0 spiro atoms. The second-order valence-electron chi connectivity index (χ2n) is 8.05. The number of hydrogen-bond donors (Lipinski definition) is 0. The summed E-state index contributed by atoms with van der Waals surface area (Å²) in [7, 11) is 0. The molecule has 36 heavy (non-hydrogen) atoms. The molecular formula is C33H24O3. The van der Waals surface area contributed by atoms with Crippen LogP contribution in [-0.2, 0) is 0 Å². The van der Waals surface area contributed by atoms with Gasteiger partial charge in [-0.15, -0.1) is 0 Å². The van der Waals surface area contributed by atoms with Gasteiger partial charge >= 0.3 is 0 Å². The van der Waals surface area contributed by atoms with E-state index in [9.17, 15) is 14.4 Å². The Bertz CT molecular complexity index is 1370. The van der Waals surface area contributed by atoms with Crippen LogP contribution in [0.2, 0.25) is 0 Å². The van der Waals surface area contributed by atoms with Gasteiger partial charge in [0.25, 0.3) is 0 Å². The summed E-state index contributed by atoms with van der Waals surface area (Å²) in [5.41, 5.74) is 3.03. The van der Waals surface area contributed by atoms with Crippen LogP contribution in [-0.4, -0.2) is 17.3 Å². The highest BCUT2D eigenvalue weighted by Crippen LogP contribution is 2.21. The van der Waals surface area contributed by atoms with Gasteiger partial charge in [-0.1, -0.05) is 127 Å². The summed E-state index contributed by atoms with van der Waals surface area (Å²) in [5, 5.41) is 0. The number of benzene rings is 4. The molecule has 4 rings (SSSR count). The number of carbonyl (C=O) groups is 3. The van der Waals surface area contributed by atoms with Crippen LogP contribution in [0.1, 0.15) is 47.8 Å². The normalized spacial score (nSPS) is 11.3. The highest BCUT2D eigenvalue weighted by atomic mass is 16.1. The Morgan fingerprint density at radius 3 is 1.08 bits per heavy atom. The van der Waals surface area contributed by atoms with Crippen LogP contribution in [0.25, 0.3) is 18.2 Å². The fourth-order valence-corrected chi connectivity index (χ4v) is 3.70. The van der Waals surface area contributed by atoms with Gasteiger partial charge in [-0.2, -0.15) is 0 Å². The van der Waals surface area contributed by atoms with Crippen molar-refractivity contribution in [2.75, 3.05) is 0 Å². The number of rotatable bonds is 9. The lowest BCUT2D eigenvalue weighted by atomic mass is 9.91. The van der Waals surface area contributed by atoms with Crippen LogP contribution < -0.4 is 0 Å². The Morgan fingerprint density at radius 2 is 0.722 bits per heavy atom. The minimum Gasteiger partial charge on any atom is -0.289 e. The SMILES string of the molecule is O=C(C=Cc1ccccc1)c1cccc(C(=O)C=Cc2ccccc2)c1C(=O)C=Cc1ccccc1. The monoisotopic (exact) mass is 468 g/mol. The first-order valence-electron chi connectivity index (χ1n) is 11.6. The lowest BCUT2D eigenvalue weighted by molar-refractivity contribution is 0.1000. The molecule has 0 aliphatic rings. The fourth-order valence-electron chi connectivity index (χ4n) is 3.70. The summed E-state index contributed by atoms with van der Waals surface area (Å²) in [6.07, 6.45) is 9.32. The van der Waals surface area contributed by atoms with Gasteiger partial charge in [0.2, 0.25) is 0 Å². The van der Waals surface area contributed by atoms with Crippen LogP contribution in [0.3, 0.4) is 0 Å². The molecule has 0 N–H and O–H groups in total. The zero-order valence-corrected chi connectivity index (χ0v) is 19.6. The van der Waals surface area contributed by atoms with Crippen LogP contribution in [0.4, 0.5) is 0 Å². The van der Waals surface area contributed by atoms with E-state index in [4.69, 9.17) is 0 Å². The van der Waals surface area contributed by atoms with Crippen molar-refractivity contribution in [2.45, 2.75) is 0 Å². The first kappa shape index (κ1) is 24.2. The minimum absolute atomic E-state index is 0.0927. The standard InChI is InChI=1S/C33H24O3/c34-30(22-19-25-11-4-1-5-12-25)28-17-10-18-29(31(35)23-20-26-13-6-2-7-14-26)33(28)32(36)24-21-27-15-8-3-9-16-27/h1-24H. The van der Waals surface area contributed by atoms with E-state index in [-0.39, 0.29) is 28.3 Å². The van der Waals surface area contributed by atoms with Crippen molar-refractivity contribution >= 4 is 35.6 Å². The third-order valence-electron chi connectivity index (χ3n) is 5.52. The van der Waals surface area contributed by atoms with Gasteiger partial charge in [-0.25, -0.2) is 0 Å². The Labute approximate surface area is 210 Å². The predicted octanol–water partition coefficient (Wildman–Crippen LogP) is 7.37. The quantitative estimate of drug-likeness (QED) is 0.190. The topological polar surface area (TPSA) is 51.2 Å². The van der Waals surface area contributed by atoms with Crippen molar-refractivity contribution in [3.05, 3.63) is 161 Å². The molecule has 0 unspecified atom stereocenters. The molecule has 0 amide bonds. The molecule has 0 aliphatic heterocycles. The van der Waals surface area contributed by atoms with Crippen LogP contribution in [0, 0.1) is 0 Å². The highest BCUT2D eigenvalue weighted by molar-refractivity contribution is 6.23. The first-order chi connectivity index (χ1) is 17.6. The Hall–Kier alpha value is -4.89. The molecule has 174 valence electrons. The maximum atomic E-state index is 13.4. The second-order valence-corrected chi connectivity index (χ2v) is 8.05. The van der Waals surface area contributed by atoms with E-state index in [2.05, 4.69) is 0 Å². The summed E-state index contributed by atoms with van der Waals surface area (Å²) < 4.78 is 0. The third-order valence-corrected chi connectivity index (χ3v) is 5.52. The van der Waals surface area contributed by atoms with Gasteiger partial charge in [0.1, 0.15) is 0 Å². The summed E-state index contributed by atoms with van der Waals surface area (Å²) >= 11 is 0. The summed E-state index contributed by atoms with van der Waals surface area (Å²) in [4.78, 5) is 39.7. The Balaban J connectivity index is 1.72. The fraction of sp³-hybridized carbons (Fsp3) is 0. The van der Waals surface area contributed by atoms with Crippen LogP contribution >= 0.6 is 0 Å². The maximum Gasteiger partial charge on any atom is 0.187 e. The molecule has 4 aromatic carbocycles. The van der Waals surface area contributed by atoms with Crippen molar-refractivity contribution in [3.63, 3.8) is 0 Å². The molecule has 0 bridgehead atoms. The van der Waals surface area contributed by atoms with Gasteiger partial charge in [0, 0.05) is 16.7 Å². The predicted molar refractivity (Wildman–Crippen MR) is 146 cm³/mol. The Morgan fingerprint density at radius 1 is 0.389 bits per heavy atom. The van der Waals surface area contributed by atoms with Gasteiger partial charge in [-0.3, -0.25) is 14.4 Å². The van der Waals surface area contributed by atoms with Gasteiger partial charge in [0.05, 0.1) is 0 Å². The molecule has 4 aromatic rings. The van der Waals surface area contributed by atoms with E-state index < -0.39 is 5.78 Å². The van der Waals surface area contributed by atoms with E-state index in [1.165, 1.54) is 18.2 Å². The van der Waals surface area contributed by atoms with E-state index in [0.717, 1.165) is 16.7 Å². The number of carbonyl (C=O) groups excluding carboxylic acids is 3. The Kier molecular flexibility index (Phi) is 8.08. The third kappa shape index (κ3) is 6.37. The maximum absolute atomic E-state index is 13.4. The number of hydrogen-bond acceptors (Lipinski definition) is 3. The van der Waals surface area contributed by atoms with Crippen molar-refractivity contribution < 1.29 is 14.4 Å².